The van der Waals surface area contributed by atoms with Crippen molar-refractivity contribution in [3.8, 4) is 11.5 Å². The molecule has 14 nitrogen and oxygen atoms in total. The van der Waals surface area contributed by atoms with Crippen LogP contribution in [0, 0.1) is 11.8 Å². The molecule has 8 rings (SSSR count). The van der Waals surface area contributed by atoms with Crippen molar-refractivity contribution in [2.75, 3.05) is 64.0 Å². The number of nitrogens with one attached hydrogen (secondary N) is 2. The average molecular weight is 929 g/mol. The molecule has 14 heteroatoms. The minimum absolute atomic E-state index is 0.0768. The van der Waals surface area contributed by atoms with Crippen LogP contribution in [0.5, 0.6) is 11.5 Å². The SMILES string of the molecule is CC(C)N=C=O.CCOc1ccc(Cc2cc3cc(N(C)C(=O)NC(C)C)cnc3n2CC2CCOCC2)cc1.CCOc1ccc(Cc2cc3cc(NC)cnc3n2CC2CCOCC2)cc1. The summed E-state index contributed by atoms with van der Waals surface area (Å²) in [6.07, 6.45) is 11.2. The van der Waals surface area contributed by atoms with Crippen molar-refractivity contribution < 1.29 is 28.5 Å². The van der Waals surface area contributed by atoms with Crippen LogP contribution >= 0.6 is 0 Å². The van der Waals surface area contributed by atoms with Gasteiger partial charge in [0, 0.05) is 94.7 Å². The Morgan fingerprint density at radius 3 is 1.63 bits per heavy atom. The normalized spacial score (nSPS) is 14.1. The summed E-state index contributed by atoms with van der Waals surface area (Å²) in [4.78, 5) is 36.3. The van der Waals surface area contributed by atoms with Gasteiger partial charge in [0.2, 0.25) is 6.08 Å². The molecule has 2 N–H and O–H groups in total. The lowest BCUT2D eigenvalue weighted by Crippen LogP contribution is -2.40. The highest BCUT2D eigenvalue weighted by atomic mass is 16.5. The second-order valence-electron chi connectivity index (χ2n) is 18.1. The zero-order valence-electron chi connectivity index (χ0n) is 41.4. The number of carbonyl (C=O) groups excluding carboxylic acids is 2. The number of rotatable bonds is 16. The first-order valence-corrected chi connectivity index (χ1v) is 24.3. The van der Waals surface area contributed by atoms with Gasteiger partial charge in [-0.05, 0) is 139 Å². The van der Waals surface area contributed by atoms with Gasteiger partial charge in [0.25, 0.3) is 0 Å². The summed E-state index contributed by atoms with van der Waals surface area (Å²) in [6, 6.07) is 25.6. The molecule has 2 saturated heterocycles. The lowest BCUT2D eigenvalue weighted by Gasteiger charge is -2.24. The number of ether oxygens (including phenoxy) is 4. The lowest BCUT2D eigenvalue weighted by atomic mass is 10.00. The number of pyridine rings is 2. The highest BCUT2D eigenvalue weighted by Gasteiger charge is 2.22. The Balaban J connectivity index is 0.000000203. The quantitative estimate of drug-likeness (QED) is 0.0715. The fourth-order valence-corrected chi connectivity index (χ4v) is 8.51. The van der Waals surface area contributed by atoms with E-state index in [4.69, 9.17) is 28.9 Å². The maximum atomic E-state index is 12.5. The summed E-state index contributed by atoms with van der Waals surface area (Å²) in [7, 11) is 3.71. The third-order valence-electron chi connectivity index (χ3n) is 12.1. The van der Waals surface area contributed by atoms with E-state index in [0.717, 1.165) is 118 Å². The van der Waals surface area contributed by atoms with Crippen LogP contribution in [0.25, 0.3) is 22.1 Å². The predicted molar refractivity (Wildman–Crippen MR) is 272 cm³/mol. The molecule has 0 saturated carbocycles. The van der Waals surface area contributed by atoms with Crippen LogP contribution in [0.3, 0.4) is 0 Å². The third kappa shape index (κ3) is 14.6. The van der Waals surface area contributed by atoms with Crippen LogP contribution in [-0.2, 0) is 40.2 Å². The minimum atomic E-state index is -0.132. The Labute approximate surface area is 402 Å². The molecule has 0 atom stereocenters. The Morgan fingerprint density at radius 1 is 0.750 bits per heavy atom. The Kier molecular flexibility index (Phi) is 19.4. The fraction of sp³-hybridized carbons (Fsp3) is 0.481. The van der Waals surface area contributed by atoms with E-state index >= 15 is 0 Å². The van der Waals surface area contributed by atoms with Crippen molar-refractivity contribution in [2.45, 2.75) is 105 Å². The van der Waals surface area contributed by atoms with E-state index in [9.17, 15) is 9.59 Å². The van der Waals surface area contributed by atoms with Gasteiger partial charge in [-0.3, -0.25) is 4.90 Å². The van der Waals surface area contributed by atoms with Gasteiger partial charge in [-0.15, -0.1) is 0 Å². The molecule has 2 aliphatic rings. The highest BCUT2D eigenvalue weighted by Crippen LogP contribution is 2.30. The number of aliphatic imine (C=N–C) groups is 1. The number of fused-ring (bicyclic) bond motifs is 2. The summed E-state index contributed by atoms with van der Waals surface area (Å²) in [5.74, 6) is 3.04. The maximum absolute atomic E-state index is 12.5. The van der Waals surface area contributed by atoms with E-state index in [2.05, 4.69) is 85.4 Å². The molecule has 68 heavy (non-hydrogen) atoms. The van der Waals surface area contributed by atoms with E-state index in [-0.39, 0.29) is 18.1 Å². The Hall–Kier alpha value is -6.21. The van der Waals surface area contributed by atoms with Crippen LogP contribution in [0.1, 0.15) is 89.7 Å². The van der Waals surface area contributed by atoms with Gasteiger partial charge >= 0.3 is 6.03 Å². The first-order valence-electron chi connectivity index (χ1n) is 24.3. The molecular formula is C54H72N8O6. The number of urea groups is 1. The smallest absolute Gasteiger partial charge is 0.321 e. The van der Waals surface area contributed by atoms with Gasteiger partial charge in [-0.1, -0.05) is 24.3 Å². The van der Waals surface area contributed by atoms with E-state index in [1.54, 1.807) is 18.1 Å². The molecule has 0 bridgehead atoms. The number of amides is 2. The standard InChI is InChI=1S/C27H36N4O3.C23H29N3O2.C4H7NO/c1-5-34-25-8-6-20(7-9-25)14-23-15-22-16-24(30(4)27(32)29-19(2)3)17-28-26(22)31(23)18-21-10-12-33-13-11-21;1-3-28-22-6-4-17(5-7-22)12-21-14-19-13-20(24-2)15-25-23(19)26(21)16-18-8-10-27-11-9-18;1-4(2)5-3-6/h6-9,15-17,19,21H,5,10-14,18H2,1-4H3,(H,29,32);4-7,13-15,18,24H,3,8-12,16H2,1-2H3;4H,1-2H3. The largest absolute Gasteiger partial charge is 0.494 e. The second-order valence-corrected chi connectivity index (χ2v) is 18.1. The highest BCUT2D eigenvalue weighted by molar-refractivity contribution is 5.93. The Morgan fingerprint density at radius 2 is 1.22 bits per heavy atom. The van der Waals surface area contributed by atoms with Crippen LogP contribution in [0.2, 0.25) is 0 Å². The monoisotopic (exact) mass is 929 g/mol. The van der Waals surface area contributed by atoms with E-state index in [0.29, 0.717) is 25.0 Å². The zero-order chi connectivity index (χ0) is 48.4. The van der Waals surface area contributed by atoms with Crippen LogP contribution in [-0.4, -0.2) is 97.0 Å². The summed E-state index contributed by atoms with van der Waals surface area (Å²) in [6.45, 7) is 18.2. The summed E-state index contributed by atoms with van der Waals surface area (Å²) in [5, 5.41) is 8.38. The van der Waals surface area contributed by atoms with Gasteiger partial charge in [-0.25, -0.2) is 24.5 Å². The summed E-state index contributed by atoms with van der Waals surface area (Å²) >= 11 is 0. The van der Waals surface area contributed by atoms with Gasteiger partial charge in [0.05, 0.1) is 43.0 Å². The first kappa shape index (κ1) is 51.2. The number of benzene rings is 2. The van der Waals surface area contributed by atoms with Crippen molar-refractivity contribution >= 4 is 45.6 Å². The fourth-order valence-electron chi connectivity index (χ4n) is 8.51. The van der Waals surface area contributed by atoms with E-state index in [1.165, 1.54) is 34.0 Å². The predicted octanol–water partition coefficient (Wildman–Crippen LogP) is 10.2. The number of isocyanates is 1. The van der Waals surface area contributed by atoms with Crippen LogP contribution in [0.15, 0.2) is 90.2 Å². The molecule has 0 radical (unpaired) electrons. The van der Waals surface area contributed by atoms with Gasteiger partial charge in [-0.2, -0.15) is 0 Å². The molecule has 0 aliphatic carbocycles. The molecule has 2 aliphatic heterocycles. The van der Waals surface area contributed by atoms with Crippen molar-refractivity contribution in [1.29, 1.82) is 0 Å². The van der Waals surface area contributed by atoms with Crippen LogP contribution in [0.4, 0.5) is 16.2 Å². The first-order chi connectivity index (χ1) is 33.0. The molecule has 6 aromatic rings. The number of hydrogen-bond acceptors (Lipinski definition) is 10. The molecule has 4 aromatic heterocycles. The zero-order valence-corrected chi connectivity index (χ0v) is 41.4. The number of anilines is 2. The van der Waals surface area contributed by atoms with E-state index < -0.39 is 0 Å². The molecule has 2 aromatic carbocycles. The minimum Gasteiger partial charge on any atom is -0.494 e. The lowest BCUT2D eigenvalue weighted by molar-refractivity contribution is 0.0613. The topological polar surface area (TPSA) is 146 Å². The number of carbonyl (C=O) groups is 1. The average Bonchev–Trinajstić information content (AvgIpc) is 3.85. The second kappa shape index (κ2) is 25.8. The molecule has 2 amide bonds. The maximum Gasteiger partial charge on any atom is 0.321 e. The molecular weight excluding hydrogens is 857 g/mol. The van der Waals surface area contributed by atoms with Crippen molar-refractivity contribution in [1.82, 2.24) is 24.4 Å². The molecule has 364 valence electrons. The van der Waals surface area contributed by atoms with Gasteiger partial charge in [0.15, 0.2) is 0 Å². The van der Waals surface area contributed by atoms with Crippen molar-refractivity contribution in [3.05, 3.63) is 108 Å². The Bertz CT molecular complexity index is 2530. The number of hydrogen-bond donors (Lipinski definition) is 2. The molecule has 6 heterocycles. The van der Waals surface area contributed by atoms with Crippen molar-refractivity contribution in [2.24, 2.45) is 16.8 Å². The molecule has 0 unspecified atom stereocenters. The van der Waals surface area contributed by atoms with Crippen molar-refractivity contribution in [3.63, 3.8) is 0 Å². The van der Waals surface area contributed by atoms with E-state index in [1.807, 2.05) is 66.9 Å². The number of aromatic nitrogens is 4. The third-order valence-corrected chi connectivity index (χ3v) is 12.1. The van der Waals surface area contributed by atoms with Gasteiger partial charge < -0.3 is 38.7 Å². The van der Waals surface area contributed by atoms with Gasteiger partial charge in [0.1, 0.15) is 22.8 Å². The molecule has 0 spiro atoms. The van der Waals surface area contributed by atoms with Crippen LogP contribution < -0.4 is 25.0 Å². The number of nitrogens with zero attached hydrogens (tertiary/aromatic N) is 6. The molecule has 2 fully saturated rings. The summed E-state index contributed by atoms with van der Waals surface area (Å²) in [5.41, 5.74) is 8.92. The summed E-state index contributed by atoms with van der Waals surface area (Å²) < 4.78 is 27.1.